The molecule has 0 fully saturated rings. The van der Waals surface area contributed by atoms with Crippen LogP contribution in [0.2, 0.25) is 0 Å². The van der Waals surface area contributed by atoms with Crippen molar-refractivity contribution in [1.82, 2.24) is 0 Å². The van der Waals surface area contributed by atoms with Crippen LogP contribution in [0.15, 0.2) is 23.1 Å². The first-order valence-electron chi connectivity index (χ1n) is 4.32. The van der Waals surface area contributed by atoms with E-state index in [2.05, 4.69) is 0 Å². The van der Waals surface area contributed by atoms with Crippen LogP contribution in [0, 0.1) is 18.3 Å². The summed E-state index contributed by atoms with van der Waals surface area (Å²) >= 11 is 1.14. The van der Waals surface area contributed by atoms with Crippen LogP contribution >= 0.6 is 22.0 Å². The van der Waals surface area contributed by atoms with Crippen molar-refractivity contribution in [1.29, 1.82) is 5.26 Å². The van der Waals surface area contributed by atoms with Crippen molar-refractivity contribution >= 4 is 41.2 Å². The van der Waals surface area contributed by atoms with Crippen molar-refractivity contribution in [3.05, 3.63) is 28.6 Å². The number of nitriles is 1. The molecule has 0 aliphatic carbocycles. The number of rotatable bonds is 1. The maximum absolute atomic E-state index is 11.5. The van der Waals surface area contributed by atoms with Gasteiger partial charge in [0.15, 0.2) is 0 Å². The van der Waals surface area contributed by atoms with Gasteiger partial charge in [0.05, 0.1) is 0 Å². The third-order valence-electron chi connectivity index (χ3n) is 2.23. The average molecular weight is 272 g/mol. The summed E-state index contributed by atoms with van der Waals surface area (Å²) in [7, 11) is 1.47. The average Bonchev–Trinajstić information content (AvgIpc) is 2.57. The zero-order valence-electron chi connectivity index (χ0n) is 8.19. The Morgan fingerprint density at radius 1 is 1.44 bits per heavy atom. The largest absolute Gasteiger partial charge is 0.264 e. The van der Waals surface area contributed by atoms with Crippen LogP contribution in [0.4, 0.5) is 0 Å². The van der Waals surface area contributed by atoms with Gasteiger partial charge in [0.25, 0.3) is 9.05 Å². The fourth-order valence-electron chi connectivity index (χ4n) is 1.59. The van der Waals surface area contributed by atoms with E-state index in [0.717, 1.165) is 21.6 Å². The monoisotopic (exact) mass is 271 g/mol. The van der Waals surface area contributed by atoms with Crippen LogP contribution in [-0.4, -0.2) is 8.42 Å². The number of hydrogen-bond donors (Lipinski definition) is 0. The summed E-state index contributed by atoms with van der Waals surface area (Å²) < 4.78 is 23.7. The van der Waals surface area contributed by atoms with E-state index in [1.165, 1.54) is 0 Å². The van der Waals surface area contributed by atoms with E-state index in [1.54, 1.807) is 19.1 Å². The molecule has 2 rings (SSSR count). The molecule has 0 radical (unpaired) electrons. The van der Waals surface area contributed by atoms with Crippen LogP contribution in [0.1, 0.15) is 10.4 Å². The molecule has 2 aromatic rings. The van der Waals surface area contributed by atoms with Gasteiger partial charge in [0, 0.05) is 20.8 Å². The SMILES string of the molecule is Cc1cccc2sc(C#N)c(S(=O)(=O)Cl)c12. The minimum atomic E-state index is -3.89. The van der Waals surface area contributed by atoms with E-state index in [-0.39, 0.29) is 9.77 Å². The lowest BCUT2D eigenvalue weighted by atomic mass is 10.1. The standard InChI is InChI=1S/C10H6ClNO2S2/c1-6-3-2-4-7-9(6)10(16(11,13)14)8(5-12)15-7/h2-4H,1H3. The fraction of sp³-hybridized carbons (Fsp3) is 0.100. The van der Waals surface area contributed by atoms with E-state index in [4.69, 9.17) is 15.9 Å². The van der Waals surface area contributed by atoms with Gasteiger partial charge in [-0.1, -0.05) is 12.1 Å². The first kappa shape index (κ1) is 11.4. The molecule has 3 nitrogen and oxygen atoms in total. The molecule has 1 aromatic carbocycles. The summed E-state index contributed by atoms with van der Waals surface area (Å²) in [5, 5.41) is 9.47. The number of aryl methyl sites for hydroxylation is 1. The summed E-state index contributed by atoms with van der Waals surface area (Å²) in [5.41, 5.74) is 0.800. The molecule has 1 heterocycles. The minimum absolute atomic E-state index is 0.0604. The quantitative estimate of drug-likeness (QED) is 0.749. The topological polar surface area (TPSA) is 57.9 Å². The van der Waals surface area contributed by atoms with Gasteiger partial charge < -0.3 is 0 Å². The Balaban J connectivity index is 3.06. The van der Waals surface area contributed by atoms with Gasteiger partial charge in [-0.3, -0.25) is 0 Å². The van der Waals surface area contributed by atoms with Gasteiger partial charge >= 0.3 is 0 Å². The van der Waals surface area contributed by atoms with Crippen LogP contribution in [0.3, 0.4) is 0 Å². The lowest BCUT2D eigenvalue weighted by molar-refractivity contribution is 0.610. The molecule has 82 valence electrons. The maximum atomic E-state index is 11.5. The van der Waals surface area contributed by atoms with Gasteiger partial charge in [0.1, 0.15) is 15.8 Å². The second-order valence-electron chi connectivity index (χ2n) is 3.26. The molecule has 0 bridgehead atoms. The van der Waals surface area contributed by atoms with Crippen molar-refractivity contribution in [3.63, 3.8) is 0 Å². The molecule has 0 aliphatic heterocycles. The Kier molecular flexibility index (Phi) is 2.66. The number of nitrogens with zero attached hydrogens (tertiary/aromatic N) is 1. The van der Waals surface area contributed by atoms with Gasteiger partial charge in [0.2, 0.25) is 0 Å². The number of halogens is 1. The Morgan fingerprint density at radius 2 is 2.12 bits per heavy atom. The smallest absolute Gasteiger partial charge is 0.207 e. The highest BCUT2D eigenvalue weighted by molar-refractivity contribution is 8.14. The molecule has 0 aliphatic rings. The lowest BCUT2D eigenvalue weighted by Gasteiger charge is -1.98. The van der Waals surface area contributed by atoms with E-state index in [1.807, 2.05) is 12.1 Å². The molecule has 0 spiro atoms. The number of hydrogen-bond acceptors (Lipinski definition) is 4. The zero-order chi connectivity index (χ0) is 11.9. The van der Waals surface area contributed by atoms with Gasteiger partial charge in [-0.05, 0) is 18.6 Å². The fourth-order valence-corrected chi connectivity index (χ4v) is 4.47. The predicted octanol–water partition coefficient (Wildman–Crippen LogP) is 3.01. The first-order chi connectivity index (χ1) is 7.45. The molecule has 0 unspecified atom stereocenters. The van der Waals surface area contributed by atoms with Crippen molar-refractivity contribution in [2.45, 2.75) is 11.8 Å². The van der Waals surface area contributed by atoms with E-state index < -0.39 is 9.05 Å². The highest BCUT2D eigenvalue weighted by atomic mass is 35.7. The maximum Gasteiger partial charge on any atom is 0.264 e. The van der Waals surface area contributed by atoms with Crippen molar-refractivity contribution in [2.75, 3.05) is 0 Å². The Hall–Kier alpha value is -1.09. The predicted molar refractivity (Wildman–Crippen MR) is 64.3 cm³/mol. The van der Waals surface area contributed by atoms with Crippen LogP contribution in [0.5, 0.6) is 0 Å². The number of benzene rings is 1. The van der Waals surface area contributed by atoms with Crippen molar-refractivity contribution in [2.24, 2.45) is 0 Å². The molecule has 0 saturated heterocycles. The second-order valence-corrected chi connectivity index (χ2v) is 6.81. The van der Waals surface area contributed by atoms with Crippen LogP contribution in [-0.2, 0) is 9.05 Å². The molecule has 0 amide bonds. The summed E-state index contributed by atoms with van der Waals surface area (Å²) in [6.45, 7) is 1.79. The molecule has 1 aromatic heterocycles. The third kappa shape index (κ3) is 1.69. The zero-order valence-corrected chi connectivity index (χ0v) is 10.6. The number of fused-ring (bicyclic) bond motifs is 1. The summed E-state index contributed by atoms with van der Waals surface area (Å²) in [6.07, 6.45) is 0. The third-order valence-corrected chi connectivity index (χ3v) is 4.77. The van der Waals surface area contributed by atoms with E-state index in [0.29, 0.717) is 5.39 Å². The summed E-state index contributed by atoms with van der Waals surface area (Å²) in [4.78, 5) is 0.0778. The molecular weight excluding hydrogens is 266 g/mol. The Bertz CT molecular complexity index is 710. The van der Waals surface area contributed by atoms with E-state index >= 15 is 0 Å². The van der Waals surface area contributed by atoms with E-state index in [9.17, 15) is 8.42 Å². The highest BCUT2D eigenvalue weighted by Crippen LogP contribution is 2.37. The van der Waals surface area contributed by atoms with Crippen molar-refractivity contribution < 1.29 is 8.42 Å². The number of thiophene rings is 1. The van der Waals surface area contributed by atoms with Crippen LogP contribution < -0.4 is 0 Å². The van der Waals surface area contributed by atoms with Gasteiger partial charge in [-0.2, -0.15) is 5.26 Å². The second kappa shape index (κ2) is 3.74. The van der Waals surface area contributed by atoms with Crippen LogP contribution in [0.25, 0.3) is 10.1 Å². The van der Waals surface area contributed by atoms with Crippen molar-refractivity contribution in [3.8, 4) is 6.07 Å². The van der Waals surface area contributed by atoms with Gasteiger partial charge in [-0.25, -0.2) is 8.42 Å². The Labute approximate surface area is 101 Å². The molecule has 0 N–H and O–H groups in total. The summed E-state index contributed by atoms with van der Waals surface area (Å²) in [5.74, 6) is 0. The normalized spacial score (nSPS) is 11.6. The molecular formula is C10H6ClNO2S2. The first-order valence-corrected chi connectivity index (χ1v) is 7.44. The van der Waals surface area contributed by atoms with Gasteiger partial charge in [-0.15, -0.1) is 11.3 Å². The highest BCUT2D eigenvalue weighted by Gasteiger charge is 2.23. The molecule has 16 heavy (non-hydrogen) atoms. The molecule has 0 atom stereocenters. The molecule has 0 saturated carbocycles. The summed E-state index contributed by atoms with van der Waals surface area (Å²) in [6, 6.07) is 7.26. The minimum Gasteiger partial charge on any atom is -0.207 e. The Morgan fingerprint density at radius 3 is 2.69 bits per heavy atom. The lowest BCUT2D eigenvalue weighted by Crippen LogP contribution is -1.92. The molecule has 6 heteroatoms.